The van der Waals surface area contributed by atoms with Gasteiger partial charge in [0.05, 0.1) is 10.4 Å². The number of anilines is 1. The molecule has 1 aromatic carbocycles. The Hall–Kier alpha value is -0.900. The third-order valence-corrected chi connectivity index (χ3v) is 5.19. The van der Waals surface area contributed by atoms with Gasteiger partial charge in [-0.25, -0.2) is 4.98 Å². The standard InChI is InChI=1S/C11H11Br2N5O2.ClH/c12-6-5-7-9(10(8(6)13)18(19)20)16-11(15-7)17-3-1-14-2-4-17;/h5,14H,1-4H2,(H,15,16);1H. The Morgan fingerprint density at radius 3 is 2.62 bits per heavy atom. The fourth-order valence-corrected chi connectivity index (χ4v) is 3.12. The molecule has 1 fully saturated rings. The first-order valence-electron chi connectivity index (χ1n) is 6.05. The van der Waals surface area contributed by atoms with Crippen molar-refractivity contribution in [3.8, 4) is 0 Å². The number of halogens is 3. The zero-order valence-electron chi connectivity index (χ0n) is 10.7. The number of nitro benzene ring substituents is 1. The number of imidazole rings is 1. The van der Waals surface area contributed by atoms with Gasteiger partial charge in [0.15, 0.2) is 5.52 Å². The van der Waals surface area contributed by atoms with Gasteiger partial charge in [0, 0.05) is 30.7 Å². The average molecular weight is 442 g/mol. The number of hydrogen-bond donors (Lipinski definition) is 2. The van der Waals surface area contributed by atoms with Gasteiger partial charge in [0.2, 0.25) is 5.95 Å². The van der Waals surface area contributed by atoms with Gasteiger partial charge in [-0.1, -0.05) is 0 Å². The van der Waals surface area contributed by atoms with Crippen LogP contribution in [-0.2, 0) is 0 Å². The smallest absolute Gasteiger partial charge is 0.312 e. The first-order chi connectivity index (χ1) is 9.58. The third kappa shape index (κ3) is 3.01. The summed E-state index contributed by atoms with van der Waals surface area (Å²) >= 11 is 6.56. The average Bonchev–Trinajstić information content (AvgIpc) is 2.83. The van der Waals surface area contributed by atoms with Crippen molar-refractivity contribution in [2.75, 3.05) is 31.1 Å². The molecule has 1 aliphatic heterocycles. The highest BCUT2D eigenvalue weighted by Crippen LogP contribution is 2.38. The molecule has 21 heavy (non-hydrogen) atoms. The quantitative estimate of drug-likeness (QED) is 0.553. The molecule has 1 aromatic heterocycles. The molecule has 0 aliphatic carbocycles. The van der Waals surface area contributed by atoms with Crippen LogP contribution in [-0.4, -0.2) is 41.1 Å². The second-order valence-corrected chi connectivity index (χ2v) is 6.12. The summed E-state index contributed by atoms with van der Waals surface area (Å²) < 4.78 is 1.04. The highest BCUT2D eigenvalue weighted by Gasteiger charge is 2.24. The number of rotatable bonds is 2. The highest BCUT2D eigenvalue weighted by molar-refractivity contribution is 9.13. The second-order valence-electron chi connectivity index (χ2n) is 4.47. The first kappa shape index (κ1) is 16.5. The number of nitrogens with one attached hydrogen (secondary N) is 2. The lowest BCUT2D eigenvalue weighted by Gasteiger charge is -2.26. The fraction of sp³-hybridized carbons (Fsp3) is 0.364. The Morgan fingerprint density at radius 1 is 1.33 bits per heavy atom. The molecular formula is C11H12Br2ClN5O2. The van der Waals surface area contributed by atoms with E-state index in [0.717, 1.165) is 26.2 Å². The van der Waals surface area contributed by atoms with Crippen LogP contribution in [0.5, 0.6) is 0 Å². The minimum absolute atomic E-state index is 0. The van der Waals surface area contributed by atoms with Crippen molar-refractivity contribution in [2.45, 2.75) is 0 Å². The molecule has 0 amide bonds. The first-order valence-corrected chi connectivity index (χ1v) is 7.64. The Kier molecular flexibility index (Phi) is 5.07. The fourth-order valence-electron chi connectivity index (χ4n) is 2.26. The summed E-state index contributed by atoms with van der Waals surface area (Å²) in [4.78, 5) is 20.5. The van der Waals surface area contributed by atoms with Crippen molar-refractivity contribution in [1.29, 1.82) is 0 Å². The Bertz CT molecular complexity index is 687. The Balaban J connectivity index is 0.00000161. The molecular weight excluding hydrogens is 429 g/mol. The number of piperazine rings is 1. The highest BCUT2D eigenvalue weighted by atomic mass is 79.9. The minimum atomic E-state index is -0.417. The maximum atomic E-state index is 11.3. The van der Waals surface area contributed by atoms with Gasteiger partial charge in [-0.2, -0.15) is 0 Å². The lowest BCUT2D eigenvalue weighted by atomic mass is 10.3. The largest absolute Gasteiger partial charge is 0.340 e. The summed E-state index contributed by atoms with van der Waals surface area (Å²) in [6.07, 6.45) is 0. The molecule has 2 heterocycles. The Morgan fingerprint density at radius 2 is 2.00 bits per heavy atom. The monoisotopic (exact) mass is 439 g/mol. The van der Waals surface area contributed by atoms with E-state index >= 15 is 0 Å². The van der Waals surface area contributed by atoms with Crippen molar-refractivity contribution in [2.24, 2.45) is 0 Å². The molecule has 0 saturated carbocycles. The van der Waals surface area contributed by atoms with E-state index in [9.17, 15) is 10.1 Å². The van der Waals surface area contributed by atoms with Crippen molar-refractivity contribution in [3.63, 3.8) is 0 Å². The SMILES string of the molecule is Cl.O=[N+]([O-])c1c(Br)c(Br)cc2[nH]c(N3CCNCC3)nc12. The number of nitro groups is 1. The van der Waals surface area contributed by atoms with Gasteiger partial charge in [-0.15, -0.1) is 12.4 Å². The maximum absolute atomic E-state index is 11.3. The Labute approximate surface area is 143 Å². The van der Waals surface area contributed by atoms with E-state index in [-0.39, 0.29) is 18.1 Å². The molecule has 0 bridgehead atoms. The summed E-state index contributed by atoms with van der Waals surface area (Å²) in [6.45, 7) is 3.42. The number of hydrogen-bond acceptors (Lipinski definition) is 5. The van der Waals surface area contributed by atoms with Gasteiger partial charge >= 0.3 is 5.69 Å². The minimum Gasteiger partial charge on any atom is -0.340 e. The van der Waals surface area contributed by atoms with Crippen molar-refractivity contribution >= 4 is 66.9 Å². The predicted molar refractivity (Wildman–Crippen MR) is 90.5 cm³/mol. The zero-order chi connectivity index (χ0) is 14.3. The van der Waals surface area contributed by atoms with E-state index in [4.69, 9.17) is 0 Å². The van der Waals surface area contributed by atoms with Crippen molar-refractivity contribution < 1.29 is 4.92 Å². The second kappa shape index (κ2) is 6.47. The number of benzene rings is 1. The molecule has 0 spiro atoms. The zero-order valence-corrected chi connectivity index (χ0v) is 14.7. The summed E-state index contributed by atoms with van der Waals surface area (Å²) in [7, 11) is 0. The molecule has 1 saturated heterocycles. The van der Waals surface area contributed by atoms with E-state index in [1.54, 1.807) is 6.07 Å². The van der Waals surface area contributed by atoms with Crippen molar-refractivity contribution in [1.82, 2.24) is 15.3 Å². The molecule has 114 valence electrons. The van der Waals surface area contributed by atoms with Crippen LogP contribution in [0.2, 0.25) is 0 Å². The topological polar surface area (TPSA) is 87.1 Å². The van der Waals surface area contributed by atoms with Crippen LogP contribution in [0.4, 0.5) is 11.6 Å². The van der Waals surface area contributed by atoms with Gasteiger partial charge in [0.1, 0.15) is 4.47 Å². The van der Waals surface area contributed by atoms with Crippen LogP contribution in [0.1, 0.15) is 0 Å². The number of nitrogens with zero attached hydrogens (tertiary/aromatic N) is 3. The lowest BCUT2D eigenvalue weighted by molar-refractivity contribution is -0.384. The number of aromatic nitrogens is 2. The van der Waals surface area contributed by atoms with Crippen molar-refractivity contribution in [3.05, 3.63) is 25.1 Å². The van der Waals surface area contributed by atoms with Crippen LogP contribution >= 0.6 is 44.3 Å². The summed E-state index contributed by atoms with van der Waals surface area (Å²) in [5, 5.41) is 14.5. The summed E-state index contributed by atoms with van der Waals surface area (Å²) in [5.41, 5.74) is 1.01. The van der Waals surface area contributed by atoms with Gasteiger partial charge < -0.3 is 15.2 Å². The molecule has 2 aromatic rings. The van der Waals surface area contributed by atoms with E-state index in [0.29, 0.717) is 25.9 Å². The number of H-pyrrole nitrogens is 1. The molecule has 0 radical (unpaired) electrons. The molecule has 7 nitrogen and oxygen atoms in total. The van der Waals surface area contributed by atoms with Crippen LogP contribution in [0.25, 0.3) is 11.0 Å². The van der Waals surface area contributed by atoms with Crippen LogP contribution < -0.4 is 10.2 Å². The number of fused-ring (bicyclic) bond motifs is 1. The summed E-state index contributed by atoms with van der Waals surface area (Å²) in [6, 6.07) is 1.80. The molecule has 10 heteroatoms. The molecule has 0 atom stereocenters. The van der Waals surface area contributed by atoms with Crippen LogP contribution in [0.15, 0.2) is 15.0 Å². The van der Waals surface area contributed by atoms with Crippen LogP contribution in [0, 0.1) is 10.1 Å². The maximum Gasteiger partial charge on any atom is 0.312 e. The third-order valence-electron chi connectivity index (χ3n) is 3.23. The van der Waals surface area contributed by atoms with E-state index in [1.165, 1.54) is 0 Å². The van der Waals surface area contributed by atoms with Crippen LogP contribution in [0.3, 0.4) is 0 Å². The van der Waals surface area contributed by atoms with E-state index in [1.807, 2.05) is 0 Å². The lowest BCUT2D eigenvalue weighted by Crippen LogP contribution is -2.44. The predicted octanol–water partition coefficient (Wildman–Crippen LogP) is 2.83. The van der Waals surface area contributed by atoms with Gasteiger partial charge in [0.25, 0.3) is 0 Å². The van der Waals surface area contributed by atoms with E-state index < -0.39 is 4.92 Å². The van der Waals surface area contributed by atoms with Gasteiger partial charge in [-0.05, 0) is 37.9 Å². The molecule has 1 aliphatic rings. The molecule has 2 N–H and O–H groups in total. The van der Waals surface area contributed by atoms with E-state index in [2.05, 4.69) is 52.0 Å². The molecule has 3 rings (SSSR count). The number of aromatic amines is 1. The van der Waals surface area contributed by atoms with Gasteiger partial charge in [-0.3, -0.25) is 10.1 Å². The summed E-state index contributed by atoms with van der Waals surface area (Å²) in [5.74, 6) is 0.676. The molecule has 0 unspecified atom stereocenters. The normalized spacial score (nSPS) is 15.0.